The summed E-state index contributed by atoms with van der Waals surface area (Å²) in [6.45, 7) is 10.4. The van der Waals surface area contributed by atoms with E-state index in [9.17, 15) is 14.9 Å². The number of carbonyl (C=O) groups excluding carboxylic acids is 1. The molecule has 0 atom stereocenters. The van der Waals surface area contributed by atoms with E-state index in [1.807, 2.05) is 32.6 Å². The maximum atomic E-state index is 13.1. The first kappa shape index (κ1) is 19.4. The molecule has 138 valence electrons. The van der Waals surface area contributed by atoms with Crippen molar-refractivity contribution in [3.8, 4) is 0 Å². The highest BCUT2D eigenvalue weighted by molar-refractivity contribution is 5.95. The molecule has 0 unspecified atom stereocenters. The molecule has 1 heterocycles. The molecule has 1 N–H and O–H groups in total. The minimum absolute atomic E-state index is 0.0279. The fourth-order valence-electron chi connectivity index (χ4n) is 3.42. The van der Waals surface area contributed by atoms with Gasteiger partial charge in [0.2, 0.25) is 0 Å². The smallest absolute Gasteiger partial charge is 0.273 e. The van der Waals surface area contributed by atoms with Crippen molar-refractivity contribution in [1.82, 2.24) is 10.2 Å². The number of carbonyl (C=O) groups is 1. The van der Waals surface area contributed by atoms with E-state index < -0.39 is 0 Å². The number of nitrogens with one attached hydrogen (secondary N) is 1. The van der Waals surface area contributed by atoms with Crippen LogP contribution in [0.3, 0.4) is 0 Å². The van der Waals surface area contributed by atoms with Crippen molar-refractivity contribution in [1.29, 1.82) is 0 Å². The van der Waals surface area contributed by atoms with E-state index in [4.69, 9.17) is 0 Å². The van der Waals surface area contributed by atoms with Gasteiger partial charge in [0.25, 0.3) is 11.6 Å². The van der Waals surface area contributed by atoms with Crippen molar-refractivity contribution in [3.05, 3.63) is 39.4 Å². The molecule has 0 radical (unpaired) electrons. The number of nitrogens with zero attached hydrogens (tertiary/aromatic N) is 2. The van der Waals surface area contributed by atoms with Crippen LogP contribution >= 0.6 is 0 Å². The first-order chi connectivity index (χ1) is 11.8. The van der Waals surface area contributed by atoms with Gasteiger partial charge in [-0.05, 0) is 43.8 Å². The molecule has 0 aliphatic carbocycles. The van der Waals surface area contributed by atoms with Crippen molar-refractivity contribution >= 4 is 11.6 Å². The molecule has 1 aromatic rings. The standard InChI is InChI=1S/C19H29N3O3/c1-5-12-21(15-8-10-20-11-9-15)18(23)14-6-7-16(19(2,3)4)17(13-14)22(24)25/h6-7,13,15,20H,5,8-12H2,1-4H3. The summed E-state index contributed by atoms with van der Waals surface area (Å²) in [5.74, 6) is -0.0997. The van der Waals surface area contributed by atoms with Gasteiger partial charge in [0.05, 0.1) is 4.92 Å². The van der Waals surface area contributed by atoms with Crippen molar-refractivity contribution < 1.29 is 9.72 Å². The molecule has 6 heteroatoms. The van der Waals surface area contributed by atoms with Crippen LogP contribution in [0.15, 0.2) is 18.2 Å². The van der Waals surface area contributed by atoms with Gasteiger partial charge in [-0.3, -0.25) is 14.9 Å². The number of rotatable bonds is 5. The van der Waals surface area contributed by atoms with Crippen LogP contribution in [0.2, 0.25) is 0 Å². The summed E-state index contributed by atoms with van der Waals surface area (Å²) in [5, 5.41) is 14.8. The molecule has 1 aliphatic heterocycles. The van der Waals surface area contributed by atoms with Gasteiger partial charge in [-0.25, -0.2) is 0 Å². The zero-order valence-corrected chi connectivity index (χ0v) is 15.7. The number of hydrogen-bond acceptors (Lipinski definition) is 4. The number of piperidine rings is 1. The second-order valence-corrected chi connectivity index (χ2v) is 7.72. The van der Waals surface area contributed by atoms with Gasteiger partial charge in [0.15, 0.2) is 0 Å². The molecular formula is C19H29N3O3. The molecule has 1 amide bonds. The first-order valence-corrected chi connectivity index (χ1v) is 9.06. The van der Waals surface area contributed by atoms with Gasteiger partial charge < -0.3 is 10.2 Å². The molecule has 0 saturated carbocycles. The molecule has 0 spiro atoms. The van der Waals surface area contributed by atoms with Crippen molar-refractivity contribution in [3.63, 3.8) is 0 Å². The predicted octanol–water partition coefficient (Wildman–Crippen LogP) is 3.50. The van der Waals surface area contributed by atoms with Crippen LogP contribution in [-0.4, -0.2) is 41.4 Å². The Hall–Kier alpha value is -1.95. The van der Waals surface area contributed by atoms with Crippen LogP contribution in [0.1, 0.15) is 62.9 Å². The molecule has 1 aromatic carbocycles. The van der Waals surface area contributed by atoms with E-state index in [1.54, 1.807) is 12.1 Å². The topological polar surface area (TPSA) is 75.5 Å². The Labute approximate surface area is 149 Å². The molecule has 0 bridgehead atoms. The van der Waals surface area contributed by atoms with Gasteiger partial charge in [0.1, 0.15) is 0 Å². The summed E-state index contributed by atoms with van der Waals surface area (Å²) in [6, 6.07) is 5.12. The molecule has 1 saturated heterocycles. The minimum atomic E-state index is -0.383. The summed E-state index contributed by atoms with van der Waals surface area (Å²) in [7, 11) is 0. The average molecular weight is 347 g/mol. The zero-order chi connectivity index (χ0) is 18.6. The lowest BCUT2D eigenvalue weighted by atomic mass is 9.85. The summed E-state index contributed by atoms with van der Waals surface area (Å²) < 4.78 is 0. The van der Waals surface area contributed by atoms with Crippen LogP contribution in [0.25, 0.3) is 0 Å². The van der Waals surface area contributed by atoms with Crippen molar-refractivity contribution in [2.24, 2.45) is 0 Å². The minimum Gasteiger partial charge on any atom is -0.336 e. The van der Waals surface area contributed by atoms with E-state index in [-0.39, 0.29) is 28.0 Å². The third kappa shape index (κ3) is 4.57. The maximum Gasteiger partial charge on any atom is 0.273 e. The largest absolute Gasteiger partial charge is 0.336 e. The maximum absolute atomic E-state index is 13.1. The second-order valence-electron chi connectivity index (χ2n) is 7.72. The first-order valence-electron chi connectivity index (χ1n) is 9.06. The second kappa shape index (κ2) is 7.95. The Morgan fingerprint density at radius 3 is 2.48 bits per heavy atom. The summed E-state index contributed by atoms with van der Waals surface area (Å²) >= 11 is 0. The molecule has 2 rings (SSSR count). The summed E-state index contributed by atoms with van der Waals surface area (Å²) in [6.07, 6.45) is 2.72. The SMILES string of the molecule is CCCN(C(=O)c1ccc(C(C)(C)C)c([N+](=O)[O-])c1)C1CCNCC1. The lowest BCUT2D eigenvalue weighted by Crippen LogP contribution is -2.46. The number of nitro benzene ring substituents is 1. The van der Waals surface area contributed by atoms with Gasteiger partial charge in [0, 0.05) is 29.8 Å². The normalized spacial score (nSPS) is 15.8. The Balaban J connectivity index is 2.36. The van der Waals surface area contributed by atoms with Crippen LogP contribution < -0.4 is 5.32 Å². The molecule has 25 heavy (non-hydrogen) atoms. The molecule has 6 nitrogen and oxygen atoms in total. The van der Waals surface area contributed by atoms with Crippen molar-refractivity contribution in [2.45, 2.75) is 58.4 Å². The average Bonchev–Trinajstić information content (AvgIpc) is 2.58. The summed E-state index contributed by atoms with van der Waals surface area (Å²) in [4.78, 5) is 26.1. The van der Waals surface area contributed by atoms with Gasteiger partial charge in [-0.2, -0.15) is 0 Å². The number of benzene rings is 1. The third-order valence-corrected chi connectivity index (χ3v) is 4.72. The van der Waals surface area contributed by atoms with Crippen LogP contribution in [-0.2, 0) is 5.41 Å². The molecule has 1 aliphatic rings. The van der Waals surface area contributed by atoms with Gasteiger partial charge in [-0.1, -0.05) is 33.8 Å². The predicted molar refractivity (Wildman–Crippen MR) is 99.0 cm³/mol. The molecule has 1 fully saturated rings. The zero-order valence-electron chi connectivity index (χ0n) is 15.7. The number of amides is 1. The lowest BCUT2D eigenvalue weighted by molar-refractivity contribution is -0.386. The van der Waals surface area contributed by atoms with Gasteiger partial charge in [-0.15, -0.1) is 0 Å². The van der Waals surface area contributed by atoms with E-state index in [2.05, 4.69) is 5.32 Å². The molecule has 0 aromatic heterocycles. The quantitative estimate of drug-likeness (QED) is 0.653. The van der Waals surface area contributed by atoms with Crippen LogP contribution in [0, 0.1) is 10.1 Å². The monoisotopic (exact) mass is 347 g/mol. The Morgan fingerprint density at radius 1 is 1.32 bits per heavy atom. The van der Waals surface area contributed by atoms with Crippen LogP contribution in [0.4, 0.5) is 5.69 Å². The lowest BCUT2D eigenvalue weighted by Gasteiger charge is -2.34. The Morgan fingerprint density at radius 2 is 1.96 bits per heavy atom. The van der Waals surface area contributed by atoms with Crippen molar-refractivity contribution in [2.75, 3.05) is 19.6 Å². The highest BCUT2D eigenvalue weighted by Gasteiger charge is 2.29. The summed E-state index contributed by atoms with van der Waals surface area (Å²) in [5.41, 5.74) is 0.743. The van der Waals surface area contributed by atoms with E-state index in [0.717, 1.165) is 32.4 Å². The van der Waals surface area contributed by atoms with E-state index in [1.165, 1.54) is 6.07 Å². The number of nitro groups is 1. The van der Waals surface area contributed by atoms with Gasteiger partial charge >= 0.3 is 0 Å². The Bertz CT molecular complexity index is 631. The fraction of sp³-hybridized carbons (Fsp3) is 0.632. The number of hydrogen-bond donors (Lipinski definition) is 1. The van der Waals surface area contributed by atoms with Crippen LogP contribution in [0.5, 0.6) is 0 Å². The van der Waals surface area contributed by atoms with E-state index in [0.29, 0.717) is 17.7 Å². The third-order valence-electron chi connectivity index (χ3n) is 4.72. The highest BCUT2D eigenvalue weighted by Crippen LogP contribution is 2.32. The Kier molecular flexibility index (Phi) is 6.16. The highest BCUT2D eigenvalue weighted by atomic mass is 16.6. The fourth-order valence-corrected chi connectivity index (χ4v) is 3.42. The molecular weight excluding hydrogens is 318 g/mol. The van der Waals surface area contributed by atoms with E-state index >= 15 is 0 Å².